The van der Waals surface area contributed by atoms with E-state index in [0.29, 0.717) is 0 Å². The van der Waals surface area contributed by atoms with Crippen molar-refractivity contribution in [1.82, 2.24) is 24.1 Å². The van der Waals surface area contributed by atoms with Crippen LogP contribution in [0.2, 0.25) is 0 Å². The van der Waals surface area contributed by atoms with Gasteiger partial charge < -0.3 is 4.90 Å². The van der Waals surface area contributed by atoms with Crippen LogP contribution >= 0.6 is 12.2 Å². The van der Waals surface area contributed by atoms with Crippen LogP contribution in [0.5, 0.6) is 0 Å². The van der Waals surface area contributed by atoms with E-state index in [0.717, 1.165) is 61.5 Å². The van der Waals surface area contributed by atoms with Gasteiger partial charge >= 0.3 is 0 Å². The van der Waals surface area contributed by atoms with E-state index in [1.807, 2.05) is 16.8 Å². The highest BCUT2D eigenvalue weighted by Gasteiger charge is 2.19. The predicted octanol–water partition coefficient (Wildman–Crippen LogP) is 4.62. The lowest BCUT2D eigenvalue weighted by molar-refractivity contribution is 0.0993. The third kappa shape index (κ3) is 5.70. The van der Waals surface area contributed by atoms with Crippen molar-refractivity contribution in [1.29, 1.82) is 0 Å². The fraction of sp³-hybridized carbons (Fsp3) is 0.440. The van der Waals surface area contributed by atoms with E-state index in [4.69, 9.17) is 17.3 Å². The lowest BCUT2D eigenvalue weighted by Crippen LogP contribution is -2.47. The maximum atomic E-state index is 5.90. The molecule has 2 heterocycles. The maximum absolute atomic E-state index is 5.90. The molecule has 0 amide bonds. The molecule has 5 nitrogen and oxygen atoms in total. The van der Waals surface area contributed by atoms with Gasteiger partial charge in [0.25, 0.3) is 0 Å². The quantitative estimate of drug-likeness (QED) is 0.483. The first-order valence-corrected chi connectivity index (χ1v) is 11.7. The van der Waals surface area contributed by atoms with Crippen molar-refractivity contribution in [2.75, 3.05) is 32.7 Å². The number of benzene rings is 2. The third-order valence-electron chi connectivity index (χ3n) is 5.95. The van der Waals surface area contributed by atoms with Gasteiger partial charge in [-0.15, -0.1) is 0 Å². The molecule has 0 unspecified atom stereocenters. The molecule has 1 saturated heterocycles. The standard InChI is InChI=1S/C25H33N5S/c1-21(2)13-14-27-15-17-28(18-16-27)20-29-25(31)30(23-11-7-4-8-12-23)24(26-29)19-22-9-5-3-6-10-22/h3-12,21H,13-20H2,1-2H3. The summed E-state index contributed by atoms with van der Waals surface area (Å²) in [5.74, 6) is 1.75. The molecule has 0 saturated carbocycles. The molecular formula is C25H33N5S. The average molecular weight is 436 g/mol. The van der Waals surface area contributed by atoms with Crippen LogP contribution < -0.4 is 0 Å². The Labute approximate surface area is 190 Å². The summed E-state index contributed by atoms with van der Waals surface area (Å²) in [6, 6.07) is 20.8. The van der Waals surface area contributed by atoms with Crippen LogP contribution in [-0.4, -0.2) is 56.9 Å². The molecule has 164 valence electrons. The second-order valence-electron chi connectivity index (χ2n) is 8.82. The van der Waals surface area contributed by atoms with Gasteiger partial charge in [-0.2, -0.15) is 5.10 Å². The van der Waals surface area contributed by atoms with Crippen molar-refractivity contribution in [2.45, 2.75) is 33.4 Å². The van der Waals surface area contributed by atoms with Crippen molar-refractivity contribution < 1.29 is 0 Å². The molecule has 0 N–H and O–H groups in total. The highest BCUT2D eigenvalue weighted by Crippen LogP contribution is 2.17. The lowest BCUT2D eigenvalue weighted by Gasteiger charge is -2.34. The lowest BCUT2D eigenvalue weighted by atomic mass is 10.1. The number of rotatable bonds is 8. The first-order valence-electron chi connectivity index (χ1n) is 11.3. The second-order valence-corrected chi connectivity index (χ2v) is 9.18. The SMILES string of the molecule is CC(C)CCN1CCN(Cn2nc(Cc3ccccc3)n(-c3ccccc3)c2=S)CC1. The van der Waals surface area contributed by atoms with Gasteiger partial charge in [0.05, 0.1) is 6.67 Å². The molecule has 6 heteroatoms. The number of hydrogen-bond acceptors (Lipinski definition) is 4. The molecule has 3 aromatic rings. The summed E-state index contributed by atoms with van der Waals surface area (Å²) in [4.78, 5) is 5.05. The van der Waals surface area contributed by atoms with Gasteiger partial charge in [-0.1, -0.05) is 62.4 Å². The van der Waals surface area contributed by atoms with Crippen LogP contribution in [0, 0.1) is 10.7 Å². The Balaban J connectivity index is 1.51. The van der Waals surface area contributed by atoms with Crippen LogP contribution in [0.3, 0.4) is 0 Å². The number of aromatic nitrogens is 3. The highest BCUT2D eigenvalue weighted by atomic mass is 32.1. The van der Waals surface area contributed by atoms with Crippen LogP contribution in [-0.2, 0) is 13.1 Å². The molecule has 1 fully saturated rings. The van der Waals surface area contributed by atoms with E-state index in [9.17, 15) is 0 Å². The summed E-state index contributed by atoms with van der Waals surface area (Å²) >= 11 is 5.90. The summed E-state index contributed by atoms with van der Waals surface area (Å²) in [6.45, 7) is 10.9. The predicted molar refractivity (Wildman–Crippen MR) is 129 cm³/mol. The van der Waals surface area contributed by atoms with E-state index < -0.39 is 0 Å². The van der Waals surface area contributed by atoms with Gasteiger partial charge in [0.15, 0.2) is 0 Å². The Morgan fingerprint density at radius 2 is 1.48 bits per heavy atom. The van der Waals surface area contributed by atoms with Gasteiger partial charge in [0.1, 0.15) is 5.82 Å². The zero-order valence-electron chi connectivity index (χ0n) is 18.7. The molecule has 0 atom stereocenters. The van der Waals surface area contributed by atoms with E-state index in [2.05, 4.69) is 76.7 Å². The Kier molecular flexibility index (Phi) is 7.33. The van der Waals surface area contributed by atoms with Crippen molar-refractivity contribution in [2.24, 2.45) is 5.92 Å². The number of hydrogen-bond donors (Lipinski definition) is 0. The fourth-order valence-electron chi connectivity index (χ4n) is 4.06. The first-order chi connectivity index (χ1) is 15.1. The minimum atomic E-state index is 0.748. The molecule has 0 spiro atoms. The molecule has 1 aromatic heterocycles. The second kappa shape index (κ2) is 10.4. The molecule has 31 heavy (non-hydrogen) atoms. The van der Waals surface area contributed by atoms with E-state index in [-0.39, 0.29) is 0 Å². The summed E-state index contributed by atoms with van der Waals surface area (Å²) in [5.41, 5.74) is 2.31. The molecule has 1 aliphatic rings. The van der Waals surface area contributed by atoms with Gasteiger partial charge in [-0.25, -0.2) is 4.68 Å². The minimum Gasteiger partial charge on any atom is -0.301 e. The van der Waals surface area contributed by atoms with Crippen molar-refractivity contribution in [3.8, 4) is 5.69 Å². The van der Waals surface area contributed by atoms with Gasteiger partial charge in [0, 0.05) is 38.3 Å². The molecule has 4 rings (SSSR count). The van der Waals surface area contributed by atoms with Crippen LogP contribution in [0.15, 0.2) is 60.7 Å². The molecule has 0 bridgehead atoms. The Bertz CT molecular complexity index is 1000. The smallest absolute Gasteiger partial charge is 0.203 e. The highest BCUT2D eigenvalue weighted by molar-refractivity contribution is 7.71. The zero-order valence-corrected chi connectivity index (χ0v) is 19.5. The molecular weight excluding hydrogens is 402 g/mol. The van der Waals surface area contributed by atoms with Crippen LogP contribution in [0.4, 0.5) is 0 Å². The molecule has 1 aliphatic heterocycles. The van der Waals surface area contributed by atoms with E-state index in [1.165, 1.54) is 18.5 Å². The fourth-order valence-corrected chi connectivity index (χ4v) is 4.37. The van der Waals surface area contributed by atoms with Crippen LogP contribution in [0.1, 0.15) is 31.7 Å². The summed E-state index contributed by atoms with van der Waals surface area (Å²) in [7, 11) is 0. The number of nitrogens with zero attached hydrogens (tertiary/aromatic N) is 5. The molecule has 0 aliphatic carbocycles. The maximum Gasteiger partial charge on any atom is 0.203 e. The summed E-state index contributed by atoms with van der Waals surface area (Å²) in [5, 5.41) is 4.97. The van der Waals surface area contributed by atoms with Crippen molar-refractivity contribution >= 4 is 12.2 Å². The average Bonchev–Trinajstić information content (AvgIpc) is 3.09. The first kappa shape index (κ1) is 21.9. The van der Waals surface area contributed by atoms with Crippen molar-refractivity contribution in [3.63, 3.8) is 0 Å². The third-order valence-corrected chi connectivity index (χ3v) is 6.34. The number of para-hydroxylation sites is 1. The Morgan fingerprint density at radius 1 is 0.871 bits per heavy atom. The number of piperazine rings is 1. The molecule has 2 aromatic carbocycles. The van der Waals surface area contributed by atoms with Crippen molar-refractivity contribution in [3.05, 3.63) is 76.8 Å². The van der Waals surface area contributed by atoms with Gasteiger partial charge in [0.2, 0.25) is 4.77 Å². The minimum absolute atomic E-state index is 0.748. The zero-order chi connectivity index (χ0) is 21.6. The van der Waals surface area contributed by atoms with Crippen LogP contribution in [0.25, 0.3) is 5.69 Å². The monoisotopic (exact) mass is 435 g/mol. The normalized spacial score (nSPS) is 15.6. The van der Waals surface area contributed by atoms with E-state index in [1.54, 1.807) is 0 Å². The molecule has 0 radical (unpaired) electrons. The summed E-state index contributed by atoms with van der Waals surface area (Å²) in [6.07, 6.45) is 2.03. The van der Waals surface area contributed by atoms with Gasteiger partial charge in [-0.05, 0) is 48.8 Å². The summed E-state index contributed by atoms with van der Waals surface area (Å²) < 4.78 is 4.89. The Morgan fingerprint density at radius 3 is 2.13 bits per heavy atom. The largest absolute Gasteiger partial charge is 0.301 e. The Hall–Kier alpha value is -2.28. The van der Waals surface area contributed by atoms with E-state index >= 15 is 0 Å². The topological polar surface area (TPSA) is 29.2 Å². The van der Waals surface area contributed by atoms with Gasteiger partial charge in [-0.3, -0.25) is 9.47 Å².